The maximum absolute atomic E-state index is 12.1. The van der Waals surface area contributed by atoms with E-state index in [2.05, 4.69) is 27.0 Å². The highest BCUT2D eigenvalue weighted by molar-refractivity contribution is 7.98. The van der Waals surface area contributed by atoms with Gasteiger partial charge < -0.3 is 0 Å². The van der Waals surface area contributed by atoms with Gasteiger partial charge in [-0.25, -0.2) is 0 Å². The average Bonchev–Trinajstić information content (AvgIpc) is 2.17. The van der Waals surface area contributed by atoms with Crippen LogP contribution in [0, 0.1) is 5.92 Å². The highest BCUT2D eigenvalue weighted by atomic mass is 32.2. The number of ketones is 1. The largest absolute Gasteiger partial charge is 0.294 e. The minimum absolute atomic E-state index is 0.231. The van der Waals surface area contributed by atoms with E-state index in [9.17, 15) is 4.79 Å². The standard InChI is InChI=1S/C13H25OS/c1-13(2,3)15(4)10-12(14)11-8-6-5-7-9-11/h11H,5-10H2,1-4H3/q+1. The molecule has 1 fully saturated rings. The summed E-state index contributed by atoms with van der Waals surface area (Å²) in [5.74, 6) is 1.75. The third-order valence-electron chi connectivity index (χ3n) is 3.46. The number of Topliss-reactive ketones (excluding diaryl/α,β-unsaturated/α-hetero) is 1. The van der Waals surface area contributed by atoms with E-state index in [0.29, 0.717) is 16.4 Å². The van der Waals surface area contributed by atoms with E-state index in [4.69, 9.17) is 0 Å². The Labute approximate surface area is 97.4 Å². The second-order valence-corrected chi connectivity index (χ2v) is 8.48. The van der Waals surface area contributed by atoms with Gasteiger partial charge in [-0.3, -0.25) is 4.79 Å². The molecule has 1 aliphatic carbocycles. The number of hydrogen-bond donors (Lipinski definition) is 0. The molecule has 0 radical (unpaired) electrons. The van der Waals surface area contributed by atoms with E-state index < -0.39 is 0 Å². The Balaban J connectivity index is 2.40. The highest BCUT2D eigenvalue weighted by Gasteiger charge is 2.34. The van der Waals surface area contributed by atoms with Gasteiger partial charge in [0.05, 0.1) is 6.26 Å². The zero-order valence-corrected chi connectivity index (χ0v) is 11.5. The predicted octanol–water partition coefficient (Wildman–Crippen LogP) is 3.18. The third-order valence-corrected chi connectivity index (χ3v) is 6.27. The minimum Gasteiger partial charge on any atom is -0.294 e. The van der Waals surface area contributed by atoms with E-state index in [1.807, 2.05) is 0 Å². The Bertz CT molecular complexity index is 211. The summed E-state index contributed by atoms with van der Waals surface area (Å²) in [6, 6.07) is 0. The van der Waals surface area contributed by atoms with E-state index in [0.717, 1.165) is 18.6 Å². The van der Waals surface area contributed by atoms with Crippen LogP contribution in [0.25, 0.3) is 0 Å². The van der Waals surface area contributed by atoms with Gasteiger partial charge in [0, 0.05) is 5.92 Å². The van der Waals surface area contributed by atoms with Crippen LogP contribution in [0.5, 0.6) is 0 Å². The van der Waals surface area contributed by atoms with Crippen molar-refractivity contribution in [2.45, 2.75) is 57.6 Å². The molecule has 1 saturated carbocycles. The zero-order valence-electron chi connectivity index (χ0n) is 10.6. The van der Waals surface area contributed by atoms with Gasteiger partial charge in [0.2, 0.25) is 0 Å². The molecule has 1 unspecified atom stereocenters. The molecule has 1 rings (SSSR count). The first kappa shape index (κ1) is 13.1. The van der Waals surface area contributed by atoms with E-state index in [1.165, 1.54) is 19.3 Å². The SMILES string of the molecule is C[S+](CC(=O)C1CCCCC1)C(C)(C)C. The normalized spacial score (nSPS) is 21.3. The lowest BCUT2D eigenvalue weighted by molar-refractivity contribution is -0.121. The molecule has 0 aromatic heterocycles. The van der Waals surface area contributed by atoms with Crippen LogP contribution in [-0.4, -0.2) is 22.5 Å². The van der Waals surface area contributed by atoms with Crippen molar-refractivity contribution in [1.82, 2.24) is 0 Å². The summed E-state index contributed by atoms with van der Waals surface area (Å²) in [6.45, 7) is 6.72. The molecule has 0 aromatic carbocycles. The predicted molar refractivity (Wildman–Crippen MR) is 69.5 cm³/mol. The summed E-state index contributed by atoms with van der Waals surface area (Å²) < 4.78 is 0.296. The lowest BCUT2D eigenvalue weighted by Crippen LogP contribution is -2.35. The lowest BCUT2D eigenvalue weighted by atomic mass is 9.87. The molecule has 15 heavy (non-hydrogen) atoms. The molecule has 0 heterocycles. The number of carbonyl (C=O) groups is 1. The molecular formula is C13H25OS+. The summed E-state index contributed by atoms with van der Waals surface area (Å²) >= 11 is 0. The van der Waals surface area contributed by atoms with Crippen molar-refractivity contribution in [1.29, 1.82) is 0 Å². The zero-order chi connectivity index (χ0) is 11.5. The molecule has 0 N–H and O–H groups in total. The molecule has 1 atom stereocenters. The monoisotopic (exact) mass is 229 g/mol. The summed E-state index contributed by atoms with van der Waals surface area (Å²) in [6.07, 6.45) is 8.41. The van der Waals surface area contributed by atoms with Crippen LogP contribution in [0.1, 0.15) is 52.9 Å². The van der Waals surface area contributed by atoms with E-state index >= 15 is 0 Å². The van der Waals surface area contributed by atoms with Crippen LogP contribution in [0.15, 0.2) is 0 Å². The van der Waals surface area contributed by atoms with Crippen molar-refractivity contribution in [3.8, 4) is 0 Å². The van der Waals surface area contributed by atoms with Gasteiger partial charge in [-0.1, -0.05) is 19.3 Å². The average molecular weight is 229 g/mol. The fourth-order valence-electron chi connectivity index (χ4n) is 1.97. The second kappa shape index (κ2) is 5.38. The Morgan fingerprint density at radius 1 is 1.20 bits per heavy atom. The summed E-state index contributed by atoms with van der Waals surface area (Å²) in [4.78, 5) is 12.1. The van der Waals surface area contributed by atoms with Crippen molar-refractivity contribution in [2.24, 2.45) is 5.92 Å². The Hall–Kier alpha value is 0.0200. The van der Waals surface area contributed by atoms with Gasteiger partial charge in [0.15, 0.2) is 11.5 Å². The molecule has 88 valence electrons. The van der Waals surface area contributed by atoms with Gasteiger partial charge in [0.25, 0.3) is 0 Å². The van der Waals surface area contributed by atoms with Crippen LogP contribution in [0.2, 0.25) is 0 Å². The first-order valence-corrected chi connectivity index (χ1v) is 7.87. The fourth-order valence-corrected chi connectivity index (χ4v) is 3.07. The first-order chi connectivity index (χ1) is 6.91. The molecular weight excluding hydrogens is 204 g/mol. The van der Waals surface area contributed by atoms with Crippen LogP contribution >= 0.6 is 0 Å². The van der Waals surface area contributed by atoms with Crippen molar-refractivity contribution >= 4 is 16.7 Å². The second-order valence-electron chi connectivity index (χ2n) is 5.70. The van der Waals surface area contributed by atoms with E-state index in [1.54, 1.807) is 0 Å². The topological polar surface area (TPSA) is 17.1 Å². The lowest BCUT2D eigenvalue weighted by Gasteiger charge is -2.22. The Morgan fingerprint density at radius 3 is 2.20 bits per heavy atom. The molecule has 0 bridgehead atoms. The van der Waals surface area contributed by atoms with Gasteiger partial charge in [0.1, 0.15) is 4.75 Å². The molecule has 0 aromatic rings. The molecule has 1 aliphatic rings. The van der Waals surface area contributed by atoms with Crippen LogP contribution in [-0.2, 0) is 15.7 Å². The van der Waals surface area contributed by atoms with Crippen molar-refractivity contribution in [3.05, 3.63) is 0 Å². The Kier molecular flexibility index (Phi) is 4.69. The molecule has 1 nitrogen and oxygen atoms in total. The molecule has 0 saturated heterocycles. The maximum Gasteiger partial charge on any atom is 0.184 e. The van der Waals surface area contributed by atoms with Gasteiger partial charge >= 0.3 is 0 Å². The maximum atomic E-state index is 12.1. The fraction of sp³-hybridized carbons (Fsp3) is 0.923. The number of hydrogen-bond acceptors (Lipinski definition) is 1. The minimum atomic E-state index is 0.231. The van der Waals surface area contributed by atoms with Gasteiger partial charge in [-0.05, 0) is 44.5 Å². The van der Waals surface area contributed by atoms with Crippen LogP contribution < -0.4 is 0 Å². The van der Waals surface area contributed by atoms with Crippen LogP contribution in [0.4, 0.5) is 0 Å². The highest BCUT2D eigenvalue weighted by Crippen LogP contribution is 2.26. The summed E-state index contributed by atoms with van der Waals surface area (Å²) in [7, 11) is 0.231. The van der Waals surface area contributed by atoms with E-state index in [-0.39, 0.29) is 10.9 Å². The Morgan fingerprint density at radius 2 is 1.73 bits per heavy atom. The summed E-state index contributed by atoms with van der Waals surface area (Å²) in [5.41, 5.74) is 0. The van der Waals surface area contributed by atoms with Crippen molar-refractivity contribution in [3.63, 3.8) is 0 Å². The molecule has 2 heteroatoms. The smallest absolute Gasteiger partial charge is 0.184 e. The quantitative estimate of drug-likeness (QED) is 0.679. The van der Waals surface area contributed by atoms with Gasteiger partial charge in [-0.15, -0.1) is 0 Å². The summed E-state index contributed by atoms with van der Waals surface area (Å²) in [5, 5.41) is 0. The number of carbonyl (C=O) groups excluding carboxylic acids is 1. The molecule has 0 amide bonds. The number of rotatable bonds is 3. The van der Waals surface area contributed by atoms with Gasteiger partial charge in [-0.2, -0.15) is 0 Å². The molecule has 0 spiro atoms. The molecule has 0 aliphatic heterocycles. The first-order valence-electron chi connectivity index (χ1n) is 6.06. The van der Waals surface area contributed by atoms with Crippen molar-refractivity contribution < 1.29 is 4.79 Å². The van der Waals surface area contributed by atoms with Crippen molar-refractivity contribution in [2.75, 3.05) is 12.0 Å². The van der Waals surface area contributed by atoms with Crippen LogP contribution in [0.3, 0.4) is 0 Å². The third kappa shape index (κ3) is 4.18.